The molecule has 2 bridgehead atoms. The smallest absolute Gasteiger partial charge is 0.237 e. The van der Waals surface area contributed by atoms with Crippen molar-refractivity contribution in [3.8, 4) is 11.4 Å². The van der Waals surface area contributed by atoms with Crippen LogP contribution >= 0.6 is 0 Å². The number of fused-ring (bicyclic) bond motifs is 3. The Morgan fingerprint density at radius 2 is 1.71 bits per heavy atom. The molecule has 6 nitrogen and oxygen atoms in total. The maximum Gasteiger partial charge on any atom is 0.237 e. The Morgan fingerprint density at radius 3 is 2.50 bits per heavy atom. The molecule has 0 saturated carbocycles. The molecule has 0 spiro atoms. The summed E-state index contributed by atoms with van der Waals surface area (Å²) >= 11 is 0. The molecule has 0 aliphatic carbocycles. The lowest BCUT2D eigenvalue weighted by Gasteiger charge is -2.30. The van der Waals surface area contributed by atoms with Gasteiger partial charge in [0.25, 0.3) is 0 Å². The first-order chi connectivity index (χ1) is 13.8. The van der Waals surface area contributed by atoms with Crippen LogP contribution in [0.5, 0.6) is 0 Å². The summed E-state index contributed by atoms with van der Waals surface area (Å²) in [6.45, 7) is 3.53. The molecule has 3 aliphatic rings. The first kappa shape index (κ1) is 17.9. The number of carbonyl (C=O) groups excluding carboxylic acids is 1. The van der Waals surface area contributed by atoms with E-state index in [9.17, 15) is 4.79 Å². The van der Waals surface area contributed by atoms with Gasteiger partial charge in [0, 0.05) is 24.6 Å². The molecule has 0 radical (unpaired) electrons. The normalized spacial score (nSPS) is 25.2. The Hall–Kier alpha value is -2.21. The van der Waals surface area contributed by atoms with Crippen LogP contribution in [0.2, 0.25) is 0 Å². The average Bonchev–Trinajstić information content (AvgIpc) is 3.11. The average molecular weight is 380 g/mol. The molecule has 0 N–H and O–H groups in total. The lowest BCUT2D eigenvalue weighted by atomic mass is 10.1. The lowest BCUT2D eigenvalue weighted by molar-refractivity contribution is -0.135. The number of carbonyl (C=O) groups is 1. The zero-order valence-electron chi connectivity index (χ0n) is 16.5. The number of amides is 1. The second kappa shape index (κ2) is 7.66. The van der Waals surface area contributed by atoms with E-state index in [1.807, 2.05) is 18.2 Å². The highest BCUT2D eigenvalue weighted by atomic mass is 16.2. The highest BCUT2D eigenvalue weighted by molar-refractivity contribution is 5.79. The standard InChI is InChI=1S/C22H29N5O/c28-21(16-25-12-6-1-2-7-13-25)27-18-10-11-19(27)15-26-20(14-18)23-24-22(26)17-8-4-3-5-9-17/h3-5,8-9,18-19H,1-2,6-7,10-16H2. The molecular weight excluding hydrogens is 350 g/mol. The monoisotopic (exact) mass is 379 g/mol. The fraction of sp³-hybridized carbons (Fsp3) is 0.591. The Labute approximate surface area is 166 Å². The van der Waals surface area contributed by atoms with Crippen molar-refractivity contribution in [1.29, 1.82) is 0 Å². The molecule has 148 valence electrons. The fourth-order valence-corrected chi connectivity index (χ4v) is 5.22. The van der Waals surface area contributed by atoms with Crippen LogP contribution in [-0.2, 0) is 17.8 Å². The number of nitrogens with zero attached hydrogens (tertiary/aromatic N) is 5. The van der Waals surface area contributed by atoms with Gasteiger partial charge < -0.3 is 9.47 Å². The predicted molar refractivity (Wildman–Crippen MR) is 108 cm³/mol. The van der Waals surface area contributed by atoms with Crippen molar-refractivity contribution in [2.45, 2.75) is 63.6 Å². The molecule has 1 amide bonds. The zero-order valence-corrected chi connectivity index (χ0v) is 16.5. The maximum absolute atomic E-state index is 13.3. The van der Waals surface area contributed by atoms with Crippen molar-refractivity contribution in [3.63, 3.8) is 0 Å². The molecule has 2 fully saturated rings. The molecule has 1 aromatic carbocycles. The molecule has 28 heavy (non-hydrogen) atoms. The van der Waals surface area contributed by atoms with Crippen LogP contribution in [0.3, 0.4) is 0 Å². The summed E-state index contributed by atoms with van der Waals surface area (Å²) < 4.78 is 2.26. The summed E-state index contributed by atoms with van der Waals surface area (Å²) in [5.41, 5.74) is 1.10. The lowest BCUT2D eigenvalue weighted by Crippen LogP contribution is -2.47. The van der Waals surface area contributed by atoms with Gasteiger partial charge in [-0.15, -0.1) is 10.2 Å². The van der Waals surface area contributed by atoms with Crippen molar-refractivity contribution in [3.05, 3.63) is 36.2 Å². The van der Waals surface area contributed by atoms with Gasteiger partial charge in [-0.2, -0.15) is 0 Å². The van der Waals surface area contributed by atoms with E-state index >= 15 is 0 Å². The largest absolute Gasteiger partial charge is 0.333 e. The molecule has 4 heterocycles. The Bertz CT molecular complexity index is 825. The highest BCUT2D eigenvalue weighted by Crippen LogP contribution is 2.33. The number of likely N-dealkylation sites (tertiary alicyclic amines) is 1. The number of aromatic nitrogens is 3. The minimum atomic E-state index is 0.268. The van der Waals surface area contributed by atoms with Gasteiger partial charge in [0.05, 0.1) is 12.6 Å². The van der Waals surface area contributed by atoms with Crippen LogP contribution in [-0.4, -0.2) is 62.2 Å². The van der Waals surface area contributed by atoms with Gasteiger partial charge in [-0.05, 0) is 38.8 Å². The highest BCUT2D eigenvalue weighted by Gasteiger charge is 2.41. The molecule has 2 saturated heterocycles. The summed E-state index contributed by atoms with van der Waals surface area (Å²) in [5.74, 6) is 2.27. The quantitative estimate of drug-likeness (QED) is 0.823. The van der Waals surface area contributed by atoms with Gasteiger partial charge in [0.2, 0.25) is 5.91 Å². The van der Waals surface area contributed by atoms with Crippen molar-refractivity contribution in [1.82, 2.24) is 24.6 Å². The third-order valence-electron chi connectivity index (χ3n) is 6.64. The van der Waals surface area contributed by atoms with E-state index in [2.05, 4.69) is 36.7 Å². The van der Waals surface area contributed by atoms with Crippen LogP contribution < -0.4 is 0 Å². The third kappa shape index (κ3) is 3.34. The second-order valence-electron chi connectivity index (χ2n) is 8.50. The van der Waals surface area contributed by atoms with E-state index in [1.54, 1.807) is 0 Å². The Kier molecular flexibility index (Phi) is 4.89. The van der Waals surface area contributed by atoms with E-state index < -0.39 is 0 Å². The van der Waals surface area contributed by atoms with Crippen molar-refractivity contribution in [2.75, 3.05) is 19.6 Å². The van der Waals surface area contributed by atoms with Crippen LogP contribution in [0.1, 0.15) is 44.3 Å². The van der Waals surface area contributed by atoms with Crippen molar-refractivity contribution >= 4 is 5.91 Å². The SMILES string of the molecule is O=C(CN1CCCCCC1)N1C2CCC1Cn1c(nnc1-c1ccccc1)C2. The molecule has 2 atom stereocenters. The Morgan fingerprint density at radius 1 is 0.964 bits per heavy atom. The van der Waals surface area contributed by atoms with Crippen LogP contribution in [0, 0.1) is 0 Å². The molecular formula is C22H29N5O. The zero-order chi connectivity index (χ0) is 18.9. The molecule has 1 aromatic heterocycles. The Balaban J connectivity index is 1.36. The minimum Gasteiger partial charge on any atom is -0.333 e. The first-order valence-electron chi connectivity index (χ1n) is 10.8. The van der Waals surface area contributed by atoms with E-state index in [1.165, 1.54) is 25.7 Å². The van der Waals surface area contributed by atoms with Crippen LogP contribution in [0.15, 0.2) is 30.3 Å². The molecule has 2 aromatic rings. The number of hydrogen-bond acceptors (Lipinski definition) is 4. The minimum absolute atomic E-state index is 0.268. The maximum atomic E-state index is 13.3. The fourth-order valence-electron chi connectivity index (χ4n) is 5.22. The number of rotatable bonds is 3. The van der Waals surface area contributed by atoms with Gasteiger partial charge in [-0.3, -0.25) is 9.69 Å². The van der Waals surface area contributed by atoms with Crippen molar-refractivity contribution in [2.24, 2.45) is 0 Å². The second-order valence-corrected chi connectivity index (χ2v) is 8.50. The first-order valence-corrected chi connectivity index (χ1v) is 10.8. The summed E-state index contributed by atoms with van der Waals surface area (Å²) in [6, 6.07) is 10.8. The van der Waals surface area contributed by atoms with Gasteiger partial charge in [-0.1, -0.05) is 43.2 Å². The summed E-state index contributed by atoms with van der Waals surface area (Å²) in [5, 5.41) is 8.98. The van der Waals surface area contributed by atoms with E-state index in [4.69, 9.17) is 0 Å². The van der Waals surface area contributed by atoms with Crippen molar-refractivity contribution < 1.29 is 4.79 Å². The summed E-state index contributed by atoms with van der Waals surface area (Å²) in [7, 11) is 0. The molecule has 6 heteroatoms. The topological polar surface area (TPSA) is 54.3 Å². The van der Waals surface area contributed by atoms with Gasteiger partial charge in [0.1, 0.15) is 5.82 Å². The predicted octanol–water partition coefficient (Wildman–Crippen LogP) is 2.74. The molecule has 2 unspecified atom stereocenters. The molecule has 5 rings (SSSR count). The van der Waals surface area contributed by atoms with Gasteiger partial charge >= 0.3 is 0 Å². The van der Waals surface area contributed by atoms with E-state index in [0.29, 0.717) is 12.5 Å². The van der Waals surface area contributed by atoms with Crippen LogP contribution in [0.25, 0.3) is 11.4 Å². The van der Waals surface area contributed by atoms with E-state index in [-0.39, 0.29) is 12.1 Å². The summed E-state index contributed by atoms with van der Waals surface area (Å²) in [6.07, 6.45) is 8.05. The van der Waals surface area contributed by atoms with Crippen LogP contribution in [0.4, 0.5) is 0 Å². The number of benzene rings is 1. The number of hydrogen-bond donors (Lipinski definition) is 0. The van der Waals surface area contributed by atoms with Gasteiger partial charge in [-0.25, -0.2) is 0 Å². The van der Waals surface area contributed by atoms with E-state index in [0.717, 1.165) is 56.1 Å². The molecule has 3 aliphatic heterocycles. The third-order valence-corrected chi connectivity index (χ3v) is 6.64. The summed E-state index contributed by atoms with van der Waals surface area (Å²) in [4.78, 5) is 17.8. The van der Waals surface area contributed by atoms with Gasteiger partial charge in [0.15, 0.2) is 5.82 Å².